The van der Waals surface area contributed by atoms with Gasteiger partial charge in [0.2, 0.25) is 5.91 Å². The maximum atomic E-state index is 13.2. The fourth-order valence-corrected chi connectivity index (χ4v) is 5.43. The number of nitrogens with two attached hydrogens (primary N) is 1. The van der Waals surface area contributed by atoms with Gasteiger partial charge in [0.15, 0.2) is 5.78 Å². The molecule has 0 radical (unpaired) electrons. The number of Topliss-reactive ketones (excluding diaryl/α,β-unsaturated/α-hetero) is 2. The summed E-state index contributed by atoms with van der Waals surface area (Å²) in [5, 5.41) is 30.1. The lowest BCUT2D eigenvalue weighted by atomic mass is 9.72. The van der Waals surface area contributed by atoms with E-state index in [1.165, 1.54) is 6.07 Å². The predicted octanol–water partition coefficient (Wildman–Crippen LogP) is 2.99. The molecular formula is C30H35NO7. The molecule has 2 aliphatic rings. The highest BCUT2D eigenvalue weighted by atomic mass is 16.3. The molecule has 0 spiro atoms. The fourth-order valence-electron chi connectivity index (χ4n) is 5.43. The number of phenolic OH excluding ortho intramolecular Hbond substituents is 1. The van der Waals surface area contributed by atoms with Gasteiger partial charge in [-0.25, -0.2) is 0 Å². The van der Waals surface area contributed by atoms with Crippen LogP contribution in [0.4, 0.5) is 0 Å². The van der Waals surface area contributed by atoms with Crippen molar-refractivity contribution >= 4 is 29.3 Å². The predicted molar refractivity (Wildman–Crippen MR) is 143 cm³/mol. The first-order valence-electron chi connectivity index (χ1n) is 12.9. The number of rotatable bonds is 11. The SMILES string of the molecule is NC(=O)CC(=O)C(CO)C(CCO)CC1CC(=O)c2c(O)ccc(C3=CC=C(C=O)CC=CC=CC3)c2C1. The number of aromatic hydroxyl groups is 1. The van der Waals surface area contributed by atoms with Crippen LogP contribution in [0.2, 0.25) is 0 Å². The second kappa shape index (κ2) is 13.8. The topological polar surface area (TPSA) is 155 Å². The zero-order valence-corrected chi connectivity index (χ0v) is 21.3. The fraction of sp³-hybridized carbons (Fsp3) is 0.400. The summed E-state index contributed by atoms with van der Waals surface area (Å²) in [5.41, 5.74) is 8.45. The molecule has 8 nitrogen and oxygen atoms in total. The Bertz CT molecular complexity index is 1190. The van der Waals surface area contributed by atoms with Crippen LogP contribution in [0.15, 0.2) is 54.2 Å². The highest BCUT2D eigenvalue weighted by Crippen LogP contribution is 2.40. The molecule has 0 saturated heterocycles. The summed E-state index contributed by atoms with van der Waals surface area (Å²) >= 11 is 0. The minimum absolute atomic E-state index is 0.0907. The first kappa shape index (κ1) is 28.9. The number of carbonyl (C=O) groups excluding carboxylic acids is 4. The average Bonchev–Trinajstić information content (AvgIpc) is 2.87. The summed E-state index contributed by atoms with van der Waals surface area (Å²) < 4.78 is 0. The number of hydrogen-bond acceptors (Lipinski definition) is 7. The average molecular weight is 522 g/mol. The summed E-state index contributed by atoms with van der Waals surface area (Å²) in [4.78, 5) is 48.6. The van der Waals surface area contributed by atoms with Gasteiger partial charge in [0, 0.05) is 18.9 Å². The Kier molecular flexibility index (Phi) is 10.5. The Morgan fingerprint density at radius 3 is 2.47 bits per heavy atom. The number of primary amides is 1. The van der Waals surface area contributed by atoms with Gasteiger partial charge in [0.1, 0.15) is 17.8 Å². The molecule has 5 N–H and O–H groups in total. The summed E-state index contributed by atoms with van der Waals surface area (Å²) in [6.45, 7) is -0.702. The highest BCUT2D eigenvalue weighted by Gasteiger charge is 2.35. The Hall–Kier alpha value is -3.62. The number of benzene rings is 1. The number of amides is 1. The number of carbonyl (C=O) groups is 4. The van der Waals surface area contributed by atoms with Crippen molar-refractivity contribution in [3.8, 4) is 5.75 Å². The summed E-state index contributed by atoms with van der Waals surface area (Å²) in [6.07, 6.45) is 13.8. The van der Waals surface area contributed by atoms with E-state index in [-0.39, 0.29) is 42.5 Å². The lowest BCUT2D eigenvalue weighted by Crippen LogP contribution is -2.33. The normalized spacial score (nSPS) is 19.1. The third-order valence-electron chi connectivity index (χ3n) is 7.27. The highest BCUT2D eigenvalue weighted by molar-refractivity contribution is 6.02. The number of aliphatic hydroxyl groups excluding tert-OH is 2. The Balaban J connectivity index is 1.97. The van der Waals surface area contributed by atoms with Crippen LogP contribution >= 0.6 is 0 Å². The van der Waals surface area contributed by atoms with Gasteiger partial charge in [-0.05, 0) is 72.3 Å². The van der Waals surface area contributed by atoms with Crippen molar-refractivity contribution in [3.05, 3.63) is 70.9 Å². The minimum atomic E-state index is -0.874. The molecule has 202 valence electrons. The summed E-state index contributed by atoms with van der Waals surface area (Å²) in [5.74, 6) is -3.10. The van der Waals surface area contributed by atoms with Crippen LogP contribution in [0.25, 0.3) is 5.57 Å². The molecule has 2 aliphatic carbocycles. The van der Waals surface area contributed by atoms with Gasteiger partial charge in [-0.3, -0.25) is 19.2 Å². The largest absolute Gasteiger partial charge is 0.507 e. The molecule has 3 rings (SSSR count). The van der Waals surface area contributed by atoms with Crippen molar-refractivity contribution in [2.75, 3.05) is 13.2 Å². The smallest absolute Gasteiger partial charge is 0.224 e. The van der Waals surface area contributed by atoms with Crippen LogP contribution < -0.4 is 5.73 Å². The van der Waals surface area contributed by atoms with Crippen molar-refractivity contribution in [3.63, 3.8) is 0 Å². The third kappa shape index (κ3) is 7.24. The van der Waals surface area contributed by atoms with Gasteiger partial charge >= 0.3 is 0 Å². The molecule has 1 amide bonds. The van der Waals surface area contributed by atoms with Crippen molar-refractivity contribution in [2.24, 2.45) is 23.5 Å². The van der Waals surface area contributed by atoms with E-state index in [1.807, 2.05) is 30.4 Å². The van der Waals surface area contributed by atoms with Crippen LogP contribution in [-0.2, 0) is 20.8 Å². The van der Waals surface area contributed by atoms with Gasteiger partial charge in [-0.15, -0.1) is 0 Å². The molecule has 38 heavy (non-hydrogen) atoms. The summed E-state index contributed by atoms with van der Waals surface area (Å²) in [7, 11) is 0. The van der Waals surface area contributed by atoms with E-state index in [1.54, 1.807) is 12.1 Å². The van der Waals surface area contributed by atoms with Crippen LogP contribution in [0.1, 0.15) is 60.0 Å². The van der Waals surface area contributed by atoms with Gasteiger partial charge in [-0.1, -0.05) is 42.5 Å². The molecule has 1 aromatic carbocycles. The van der Waals surface area contributed by atoms with E-state index >= 15 is 0 Å². The molecule has 0 aliphatic heterocycles. The minimum Gasteiger partial charge on any atom is -0.507 e. The van der Waals surface area contributed by atoms with Crippen LogP contribution in [-0.4, -0.2) is 52.3 Å². The van der Waals surface area contributed by atoms with Crippen molar-refractivity contribution in [2.45, 2.75) is 44.9 Å². The van der Waals surface area contributed by atoms with Crippen molar-refractivity contribution in [1.29, 1.82) is 0 Å². The van der Waals surface area contributed by atoms with Crippen LogP contribution in [0.5, 0.6) is 5.75 Å². The van der Waals surface area contributed by atoms with E-state index < -0.39 is 36.6 Å². The quantitative estimate of drug-likeness (QED) is 0.258. The van der Waals surface area contributed by atoms with Gasteiger partial charge < -0.3 is 21.1 Å². The Morgan fingerprint density at radius 2 is 1.82 bits per heavy atom. The van der Waals surface area contributed by atoms with E-state index in [9.17, 15) is 34.5 Å². The molecule has 1 aromatic rings. The molecule has 0 heterocycles. The number of fused-ring (bicyclic) bond motifs is 1. The maximum absolute atomic E-state index is 13.2. The second-order valence-corrected chi connectivity index (χ2v) is 9.91. The van der Waals surface area contributed by atoms with E-state index in [2.05, 4.69) is 0 Å². The lowest BCUT2D eigenvalue weighted by molar-refractivity contribution is -0.131. The Morgan fingerprint density at radius 1 is 1.08 bits per heavy atom. The monoisotopic (exact) mass is 521 g/mol. The molecular weight excluding hydrogens is 486 g/mol. The zero-order valence-electron chi connectivity index (χ0n) is 21.3. The van der Waals surface area contributed by atoms with Gasteiger partial charge in [0.25, 0.3) is 0 Å². The molecule has 8 heteroatoms. The second-order valence-electron chi connectivity index (χ2n) is 9.91. The molecule has 3 unspecified atom stereocenters. The van der Waals surface area contributed by atoms with E-state index in [0.717, 1.165) is 17.4 Å². The standard InChI is InChI=1S/C30H35NO7/c31-29(38)16-27(36)25(18-34)22(11-12-32)13-20-14-24-23(9-10-26(35)30(24)28(37)15-20)21-6-4-2-1-3-5-19(17-33)7-8-21/h1-4,7-10,17,20,22,25,32,34-35H,5-6,11-16,18H2,(H2,31,38). The van der Waals surface area contributed by atoms with E-state index in [0.29, 0.717) is 36.8 Å². The van der Waals surface area contributed by atoms with Crippen LogP contribution in [0.3, 0.4) is 0 Å². The molecule has 0 aromatic heterocycles. The summed E-state index contributed by atoms with van der Waals surface area (Å²) in [6, 6.07) is 3.29. The molecule has 0 bridgehead atoms. The number of hydrogen-bond donors (Lipinski definition) is 4. The number of allylic oxidation sites excluding steroid dienone is 8. The zero-order chi connectivity index (χ0) is 27.7. The van der Waals surface area contributed by atoms with Crippen molar-refractivity contribution in [1.82, 2.24) is 0 Å². The molecule has 3 atom stereocenters. The van der Waals surface area contributed by atoms with Gasteiger partial charge in [-0.2, -0.15) is 0 Å². The first-order chi connectivity index (χ1) is 18.3. The van der Waals surface area contributed by atoms with E-state index in [4.69, 9.17) is 5.73 Å². The number of phenols is 1. The molecule has 0 fully saturated rings. The molecule has 0 saturated carbocycles. The third-order valence-corrected chi connectivity index (χ3v) is 7.27. The first-order valence-corrected chi connectivity index (χ1v) is 12.9. The number of aliphatic hydroxyl groups is 2. The lowest BCUT2D eigenvalue weighted by Gasteiger charge is -2.32. The number of aldehydes is 1. The van der Waals surface area contributed by atoms with Crippen LogP contribution in [0, 0.1) is 17.8 Å². The van der Waals surface area contributed by atoms with Crippen molar-refractivity contribution < 1.29 is 34.5 Å². The maximum Gasteiger partial charge on any atom is 0.224 e. The van der Waals surface area contributed by atoms with Gasteiger partial charge in [0.05, 0.1) is 18.6 Å². The number of ketones is 2. The Labute approximate surface area is 222 Å².